The second-order valence-electron chi connectivity index (χ2n) is 13.3. The Morgan fingerprint density at radius 3 is 2.11 bits per heavy atom. The first-order chi connectivity index (χ1) is 21.2. The molecule has 0 aromatic carbocycles. The quantitative estimate of drug-likeness (QED) is 0.175. The van der Waals surface area contributed by atoms with Gasteiger partial charge in [0.25, 0.3) is 0 Å². The van der Waals surface area contributed by atoms with E-state index in [1.807, 2.05) is 6.08 Å². The first-order valence-electron chi connectivity index (χ1n) is 16.0. The molecule has 3 fully saturated rings. The lowest BCUT2D eigenvalue weighted by atomic mass is 9.47. The highest BCUT2D eigenvalue weighted by molar-refractivity contribution is 5.91. The second-order valence-corrected chi connectivity index (χ2v) is 13.3. The van der Waals surface area contributed by atoms with Gasteiger partial charge < -0.3 is 28.4 Å². The molecule has 3 saturated carbocycles. The SMILES string of the molecule is CC(=O)OCC(COC(C)=O)OC(=O)CCC(=O)OC(C)OC(=O)O[C@H]1CC[C@H]2[C@@H]3CCC4=CC(=O)CC[C@]4(C)[C@H]3CC[C@]12C. The van der Waals surface area contributed by atoms with Gasteiger partial charge in [0, 0.05) is 32.6 Å². The lowest BCUT2D eigenvalue weighted by Gasteiger charge is -2.57. The molecule has 4 rings (SSSR count). The molecule has 0 heterocycles. The van der Waals surface area contributed by atoms with Crippen LogP contribution in [0.5, 0.6) is 0 Å². The lowest BCUT2D eigenvalue weighted by molar-refractivity contribution is -0.173. The van der Waals surface area contributed by atoms with Crippen molar-refractivity contribution in [3.8, 4) is 0 Å². The highest BCUT2D eigenvalue weighted by atomic mass is 16.8. The van der Waals surface area contributed by atoms with Crippen LogP contribution < -0.4 is 0 Å². The molecule has 45 heavy (non-hydrogen) atoms. The van der Waals surface area contributed by atoms with Crippen molar-refractivity contribution >= 4 is 35.8 Å². The molecule has 0 aromatic rings. The monoisotopic (exact) mass is 634 g/mol. The molecule has 0 amide bonds. The normalized spacial score (nSPS) is 30.9. The third kappa shape index (κ3) is 8.24. The topological polar surface area (TPSA) is 158 Å². The van der Waals surface area contributed by atoms with E-state index in [0.29, 0.717) is 24.2 Å². The lowest BCUT2D eigenvalue weighted by Crippen LogP contribution is -2.51. The number of carbonyl (C=O) groups excluding carboxylic acids is 6. The van der Waals surface area contributed by atoms with Gasteiger partial charge in [-0.25, -0.2) is 4.79 Å². The summed E-state index contributed by atoms with van der Waals surface area (Å²) in [5, 5.41) is 0. The van der Waals surface area contributed by atoms with Crippen LogP contribution in [0, 0.1) is 28.6 Å². The van der Waals surface area contributed by atoms with E-state index in [-0.39, 0.29) is 48.8 Å². The molecule has 0 aliphatic heterocycles. The van der Waals surface area contributed by atoms with E-state index < -0.39 is 42.4 Å². The Bertz CT molecular complexity index is 1190. The second kappa shape index (κ2) is 14.3. The molecule has 4 aliphatic rings. The number of rotatable bonds is 11. The van der Waals surface area contributed by atoms with Gasteiger partial charge in [-0.05, 0) is 74.2 Å². The summed E-state index contributed by atoms with van der Waals surface area (Å²) in [6.45, 7) is 7.68. The Kier molecular flexibility index (Phi) is 11.0. The minimum absolute atomic E-state index is 0.0710. The van der Waals surface area contributed by atoms with Crippen molar-refractivity contribution in [2.24, 2.45) is 28.6 Å². The van der Waals surface area contributed by atoms with Gasteiger partial charge in [-0.2, -0.15) is 0 Å². The third-order valence-corrected chi connectivity index (χ3v) is 10.4. The Hall–Kier alpha value is -3.44. The van der Waals surface area contributed by atoms with Crippen molar-refractivity contribution in [3.05, 3.63) is 11.6 Å². The minimum Gasteiger partial charge on any atom is -0.462 e. The number of esters is 4. The van der Waals surface area contributed by atoms with Crippen molar-refractivity contribution in [1.29, 1.82) is 0 Å². The maximum atomic E-state index is 12.7. The van der Waals surface area contributed by atoms with Crippen LogP contribution in [0.15, 0.2) is 11.6 Å². The molecule has 0 aromatic heterocycles. The van der Waals surface area contributed by atoms with E-state index in [9.17, 15) is 28.8 Å². The molecule has 0 radical (unpaired) electrons. The van der Waals surface area contributed by atoms with Gasteiger partial charge in [0.05, 0.1) is 12.8 Å². The molecular weight excluding hydrogens is 588 g/mol. The molecule has 12 heteroatoms. The minimum atomic E-state index is -1.24. The molecule has 7 atom stereocenters. The molecule has 1 unspecified atom stereocenters. The maximum Gasteiger partial charge on any atom is 0.511 e. The fourth-order valence-electron chi connectivity index (χ4n) is 8.24. The number of carbonyl (C=O) groups is 6. The van der Waals surface area contributed by atoms with E-state index in [1.165, 1.54) is 26.3 Å². The van der Waals surface area contributed by atoms with Crippen LogP contribution in [-0.4, -0.2) is 67.5 Å². The number of hydrogen-bond donors (Lipinski definition) is 0. The summed E-state index contributed by atoms with van der Waals surface area (Å²) in [6.07, 6.45) is 4.90. The Morgan fingerprint density at radius 2 is 1.47 bits per heavy atom. The molecule has 0 bridgehead atoms. The zero-order chi connectivity index (χ0) is 32.9. The first kappa shape index (κ1) is 34.4. The molecule has 12 nitrogen and oxygen atoms in total. The average Bonchev–Trinajstić information content (AvgIpc) is 3.29. The Labute approximate surface area is 263 Å². The van der Waals surface area contributed by atoms with Crippen LogP contribution in [0.4, 0.5) is 4.79 Å². The van der Waals surface area contributed by atoms with Crippen molar-refractivity contribution in [2.75, 3.05) is 13.2 Å². The van der Waals surface area contributed by atoms with Crippen LogP contribution in [0.3, 0.4) is 0 Å². The Morgan fingerprint density at radius 1 is 0.822 bits per heavy atom. The number of ketones is 1. The summed E-state index contributed by atoms with van der Waals surface area (Å²) < 4.78 is 31.0. The van der Waals surface area contributed by atoms with Crippen LogP contribution in [-0.2, 0) is 52.4 Å². The third-order valence-electron chi connectivity index (χ3n) is 10.4. The number of allylic oxidation sites excluding steroid dienone is 1. The van der Waals surface area contributed by atoms with E-state index >= 15 is 0 Å². The van der Waals surface area contributed by atoms with E-state index in [2.05, 4.69) is 13.8 Å². The van der Waals surface area contributed by atoms with E-state index in [4.69, 9.17) is 28.4 Å². The zero-order valence-corrected chi connectivity index (χ0v) is 26.9. The standard InChI is InChI=1S/C33H46O12/c1-19(34)40-17-24(18-41-20(2)35)44-30(38)11-10-29(37)42-21(3)43-31(39)45-28-9-8-26-25-7-6-22-16-23(36)12-14-32(22,4)27(25)13-15-33(26,28)5/h16,21,24-28H,6-15,17-18H2,1-5H3/t21?,25-,26-,27-,28-,32-,33-/m0/s1. The largest absolute Gasteiger partial charge is 0.511 e. The summed E-state index contributed by atoms with van der Waals surface area (Å²) in [6, 6.07) is 0. The van der Waals surface area contributed by atoms with Gasteiger partial charge in [0.15, 0.2) is 11.9 Å². The number of hydrogen-bond acceptors (Lipinski definition) is 12. The fraction of sp³-hybridized carbons (Fsp3) is 0.758. The molecule has 0 N–H and O–H groups in total. The fourth-order valence-corrected chi connectivity index (χ4v) is 8.24. The van der Waals surface area contributed by atoms with Crippen molar-refractivity contribution in [2.45, 2.75) is 117 Å². The van der Waals surface area contributed by atoms with Gasteiger partial charge in [-0.15, -0.1) is 0 Å². The van der Waals surface area contributed by atoms with E-state index in [1.54, 1.807) is 0 Å². The predicted octanol–water partition coefficient (Wildman–Crippen LogP) is 4.75. The van der Waals surface area contributed by atoms with Crippen LogP contribution in [0.1, 0.15) is 98.8 Å². The summed E-state index contributed by atoms with van der Waals surface area (Å²) >= 11 is 0. The van der Waals surface area contributed by atoms with Gasteiger partial charge >= 0.3 is 30.0 Å². The molecular formula is C33H46O12. The van der Waals surface area contributed by atoms with Crippen LogP contribution >= 0.6 is 0 Å². The Balaban J connectivity index is 1.22. The number of ether oxygens (including phenoxy) is 6. The molecule has 250 valence electrons. The summed E-state index contributed by atoms with van der Waals surface area (Å²) in [4.78, 5) is 71.5. The van der Waals surface area contributed by atoms with E-state index in [0.717, 1.165) is 44.9 Å². The van der Waals surface area contributed by atoms with Gasteiger partial charge in [0.2, 0.25) is 6.29 Å². The van der Waals surface area contributed by atoms with Crippen LogP contribution in [0.25, 0.3) is 0 Å². The van der Waals surface area contributed by atoms with Crippen molar-refractivity contribution < 1.29 is 57.2 Å². The summed E-state index contributed by atoms with van der Waals surface area (Å²) in [5.74, 6) is -1.07. The highest BCUT2D eigenvalue weighted by Gasteiger charge is 2.60. The van der Waals surface area contributed by atoms with Gasteiger partial charge in [-0.3, -0.25) is 24.0 Å². The number of fused-ring (bicyclic) bond motifs is 5. The zero-order valence-electron chi connectivity index (χ0n) is 26.9. The van der Waals surface area contributed by atoms with Crippen molar-refractivity contribution in [1.82, 2.24) is 0 Å². The predicted molar refractivity (Wildman–Crippen MR) is 156 cm³/mol. The van der Waals surface area contributed by atoms with Gasteiger partial charge in [0.1, 0.15) is 19.3 Å². The summed E-state index contributed by atoms with van der Waals surface area (Å²) in [5.41, 5.74) is 1.22. The van der Waals surface area contributed by atoms with Crippen LogP contribution in [0.2, 0.25) is 0 Å². The smallest absolute Gasteiger partial charge is 0.462 e. The molecule has 0 saturated heterocycles. The van der Waals surface area contributed by atoms with Gasteiger partial charge in [-0.1, -0.05) is 19.4 Å². The first-order valence-corrected chi connectivity index (χ1v) is 16.0. The molecule has 0 spiro atoms. The maximum absolute atomic E-state index is 12.7. The van der Waals surface area contributed by atoms with Crippen molar-refractivity contribution in [3.63, 3.8) is 0 Å². The summed E-state index contributed by atoms with van der Waals surface area (Å²) in [7, 11) is 0. The average molecular weight is 635 g/mol. The molecule has 4 aliphatic carbocycles. The highest BCUT2D eigenvalue weighted by Crippen LogP contribution is 2.65.